The molecule has 10 aromatic carbocycles. The topological polar surface area (TPSA) is 13.1 Å². The molecule has 66 heavy (non-hydrogen) atoms. The predicted octanol–water partition coefficient (Wildman–Crippen LogP) is 13.0. The average Bonchev–Trinajstić information content (AvgIpc) is 3.88. The van der Waals surface area contributed by atoms with Crippen molar-refractivity contribution < 1.29 is 8.78 Å². The second-order valence-electron chi connectivity index (χ2n) is 16.8. The highest BCUT2D eigenvalue weighted by Gasteiger charge is 2.41. The summed E-state index contributed by atoms with van der Waals surface area (Å²) in [5, 5.41) is 9.60. The van der Waals surface area contributed by atoms with Crippen LogP contribution in [0.25, 0.3) is 55.0 Å². The van der Waals surface area contributed by atoms with E-state index < -0.39 is 8.07 Å². The number of rotatable bonds is 9. The Morgan fingerprint density at radius 1 is 0.288 bits per heavy atom. The van der Waals surface area contributed by atoms with Crippen LogP contribution >= 0.6 is 0 Å². The van der Waals surface area contributed by atoms with Gasteiger partial charge in [0.2, 0.25) is 0 Å². The van der Waals surface area contributed by atoms with E-state index in [0.29, 0.717) is 0 Å². The van der Waals surface area contributed by atoms with Gasteiger partial charge in [0.25, 0.3) is 0 Å². The summed E-state index contributed by atoms with van der Waals surface area (Å²) >= 11 is 0. The Morgan fingerprint density at radius 3 is 1.20 bits per heavy atom. The first kappa shape index (κ1) is 39.3. The minimum atomic E-state index is -2.87. The number of aromatic nitrogens is 2. The van der Waals surface area contributed by atoms with Gasteiger partial charge in [-0.15, -0.1) is 0 Å². The fourth-order valence-corrected chi connectivity index (χ4v) is 15.1. The molecule has 0 N–H and O–H groups in total. The number of benzene rings is 10. The number of nitrogens with zero attached hydrogens (tertiary/aromatic N) is 3. The molecule has 314 valence electrons. The number of hydrogen-bond donors (Lipinski definition) is 0. The predicted molar refractivity (Wildman–Crippen MR) is 273 cm³/mol. The van der Waals surface area contributed by atoms with Crippen molar-refractivity contribution in [1.82, 2.24) is 9.13 Å². The molecule has 0 fully saturated rings. The van der Waals surface area contributed by atoms with Crippen molar-refractivity contribution in [2.75, 3.05) is 4.90 Å². The van der Waals surface area contributed by atoms with Crippen LogP contribution in [-0.4, -0.2) is 17.2 Å². The summed E-state index contributed by atoms with van der Waals surface area (Å²) in [4.78, 5) is 2.22. The molecule has 0 unspecified atom stereocenters. The van der Waals surface area contributed by atoms with Gasteiger partial charge < -0.3 is 14.0 Å². The van der Waals surface area contributed by atoms with Crippen molar-refractivity contribution in [2.24, 2.45) is 0 Å². The fraction of sp³-hybridized carbons (Fsp3) is 0. The smallest absolute Gasteiger partial charge is 0.179 e. The Kier molecular flexibility index (Phi) is 9.54. The average molecular weight is 870 g/mol. The zero-order valence-corrected chi connectivity index (χ0v) is 36.8. The summed E-state index contributed by atoms with van der Waals surface area (Å²) in [6.07, 6.45) is 0. The molecule has 0 atom stereocenters. The van der Waals surface area contributed by atoms with Gasteiger partial charge in [0.05, 0.1) is 22.1 Å². The molecule has 0 amide bonds. The molecule has 0 saturated heterocycles. The molecule has 0 saturated carbocycles. The number of fused-ring (bicyclic) bond motifs is 6. The minimum Gasteiger partial charge on any atom is -0.310 e. The van der Waals surface area contributed by atoms with E-state index in [1.807, 2.05) is 30.3 Å². The second kappa shape index (κ2) is 16.0. The first-order valence-electron chi connectivity index (χ1n) is 22.2. The highest BCUT2D eigenvalue weighted by molar-refractivity contribution is 7.20. The molecule has 0 aliphatic heterocycles. The molecule has 6 heteroatoms. The van der Waals surface area contributed by atoms with Gasteiger partial charge in [-0.25, -0.2) is 8.78 Å². The molecule has 0 bridgehead atoms. The second-order valence-corrected chi connectivity index (χ2v) is 20.6. The SMILES string of the molecule is Fc1ccc(N(c2ccc3c(c2)c2ccccc2n3-c2ccc(F)cc2)c2ccc3c(c2)c2cc([Si](c4ccccc4)(c4ccccc4)c4ccccc4)ccc2n3-c2ccccc2)cc1. The van der Waals surface area contributed by atoms with Crippen molar-refractivity contribution in [3.63, 3.8) is 0 Å². The van der Waals surface area contributed by atoms with E-state index in [4.69, 9.17) is 0 Å². The van der Waals surface area contributed by atoms with Gasteiger partial charge >= 0.3 is 0 Å². The molecule has 0 aliphatic rings. The van der Waals surface area contributed by atoms with Crippen molar-refractivity contribution in [3.05, 3.63) is 260 Å². The zero-order chi connectivity index (χ0) is 44.2. The summed E-state index contributed by atoms with van der Waals surface area (Å²) < 4.78 is 33.4. The molecule has 0 aliphatic carbocycles. The third kappa shape index (κ3) is 6.37. The molecule has 12 rings (SSSR count). The van der Waals surface area contributed by atoms with Crippen LogP contribution in [0.3, 0.4) is 0 Å². The van der Waals surface area contributed by atoms with E-state index in [-0.39, 0.29) is 11.6 Å². The summed E-state index contributed by atoms with van der Waals surface area (Å²) in [5.74, 6) is -0.574. The van der Waals surface area contributed by atoms with Gasteiger partial charge in [0.1, 0.15) is 11.6 Å². The molecule has 12 aromatic rings. The third-order valence-electron chi connectivity index (χ3n) is 13.2. The lowest BCUT2D eigenvalue weighted by Crippen LogP contribution is -2.74. The summed E-state index contributed by atoms with van der Waals surface area (Å²) in [6.45, 7) is 0. The van der Waals surface area contributed by atoms with E-state index in [9.17, 15) is 8.78 Å². The maximum Gasteiger partial charge on any atom is 0.179 e. The Balaban J connectivity index is 1.12. The van der Waals surface area contributed by atoms with E-state index in [1.165, 1.54) is 45.0 Å². The number of para-hydroxylation sites is 2. The molecule has 0 spiro atoms. The van der Waals surface area contributed by atoms with Crippen molar-refractivity contribution in [3.8, 4) is 11.4 Å². The lowest BCUT2D eigenvalue weighted by molar-refractivity contribution is 0.627. The molecule has 3 nitrogen and oxygen atoms in total. The largest absolute Gasteiger partial charge is 0.310 e. The van der Waals surface area contributed by atoms with Crippen molar-refractivity contribution >= 4 is 89.5 Å². The highest BCUT2D eigenvalue weighted by Crippen LogP contribution is 2.42. The van der Waals surface area contributed by atoms with Gasteiger partial charge in [-0.3, -0.25) is 0 Å². The maximum absolute atomic E-state index is 14.7. The van der Waals surface area contributed by atoms with Gasteiger partial charge in [0.15, 0.2) is 8.07 Å². The van der Waals surface area contributed by atoms with Gasteiger partial charge in [-0.1, -0.05) is 140 Å². The lowest BCUT2D eigenvalue weighted by Gasteiger charge is -2.34. The summed E-state index contributed by atoms with van der Waals surface area (Å²) in [6, 6.07) is 85.7. The standard InChI is InChI=1S/C60H41F2N3Si/c61-42-25-29-45(30-26-42)63(47-33-36-58-54(39-47)53-23-13-14-24-57(53)65(58)46-31-27-43(62)28-32-46)48-34-37-59-55(40-48)56-41-52(35-38-60(56)64(59)44-15-5-1-6-16-44)66(49-17-7-2-8-18-49,50-19-9-3-10-20-50)51-21-11-4-12-22-51/h1-41H. The summed E-state index contributed by atoms with van der Waals surface area (Å²) in [5.41, 5.74) is 8.86. The fourth-order valence-electron chi connectivity index (χ4n) is 10.3. The molecular weight excluding hydrogens is 829 g/mol. The number of hydrogen-bond acceptors (Lipinski definition) is 1. The number of anilines is 3. The normalized spacial score (nSPS) is 11.8. The maximum atomic E-state index is 14.7. The van der Waals surface area contributed by atoms with Gasteiger partial charge in [-0.05, 0) is 130 Å². The van der Waals surface area contributed by atoms with Gasteiger partial charge in [-0.2, -0.15) is 0 Å². The first-order chi connectivity index (χ1) is 32.6. The van der Waals surface area contributed by atoms with Crippen LogP contribution in [0.5, 0.6) is 0 Å². The van der Waals surface area contributed by atoms with E-state index >= 15 is 0 Å². The Hall–Kier alpha value is -8.32. The van der Waals surface area contributed by atoms with Crippen LogP contribution in [0.15, 0.2) is 249 Å². The third-order valence-corrected chi connectivity index (χ3v) is 17.9. The van der Waals surface area contributed by atoms with Crippen molar-refractivity contribution in [1.29, 1.82) is 0 Å². The quantitative estimate of drug-likeness (QED) is 0.104. The monoisotopic (exact) mass is 869 g/mol. The Morgan fingerprint density at radius 2 is 0.667 bits per heavy atom. The van der Waals surface area contributed by atoms with Crippen LogP contribution < -0.4 is 25.6 Å². The van der Waals surface area contributed by atoms with Crippen molar-refractivity contribution in [2.45, 2.75) is 0 Å². The zero-order valence-electron chi connectivity index (χ0n) is 35.8. The minimum absolute atomic E-state index is 0.276. The van der Waals surface area contributed by atoms with Crippen LogP contribution in [0, 0.1) is 11.6 Å². The Bertz CT molecular complexity index is 3600. The van der Waals surface area contributed by atoms with Crippen LogP contribution in [0.2, 0.25) is 0 Å². The highest BCUT2D eigenvalue weighted by atomic mass is 28.3. The Labute approximate surface area is 382 Å². The first-order valence-corrected chi connectivity index (χ1v) is 24.2. The van der Waals surface area contributed by atoms with Crippen LogP contribution in [-0.2, 0) is 0 Å². The molecule has 2 aromatic heterocycles. The molecule has 2 heterocycles. The van der Waals surface area contributed by atoms with Crippen LogP contribution in [0.4, 0.5) is 25.8 Å². The van der Waals surface area contributed by atoms with E-state index in [0.717, 1.165) is 72.0 Å². The molecular formula is C60H41F2N3Si. The number of halogens is 2. The van der Waals surface area contributed by atoms with E-state index in [1.54, 1.807) is 0 Å². The lowest BCUT2D eigenvalue weighted by atomic mass is 10.1. The van der Waals surface area contributed by atoms with E-state index in [2.05, 4.69) is 208 Å². The van der Waals surface area contributed by atoms with Crippen LogP contribution in [0.1, 0.15) is 0 Å². The summed E-state index contributed by atoms with van der Waals surface area (Å²) in [7, 11) is -2.87. The molecule has 0 radical (unpaired) electrons. The van der Waals surface area contributed by atoms with Gasteiger partial charge in [0, 0.05) is 50.0 Å².